The van der Waals surface area contributed by atoms with Crippen LogP contribution in [0.2, 0.25) is 0 Å². The van der Waals surface area contributed by atoms with E-state index >= 15 is 0 Å². The van der Waals surface area contributed by atoms with Gasteiger partial charge in [0, 0.05) is 13.0 Å². The molecular weight excluding hydrogens is 244 g/mol. The first kappa shape index (κ1) is 18.4. The molecule has 0 N–H and O–H groups in total. The maximum absolute atomic E-state index is 11.4. The summed E-state index contributed by atoms with van der Waals surface area (Å²) in [4.78, 5) is 11.4. The second kappa shape index (κ2) is 13.8. The second-order valence-electron chi connectivity index (χ2n) is 4.92. The van der Waals surface area contributed by atoms with Gasteiger partial charge in [0.15, 0.2) is 0 Å². The zero-order valence-corrected chi connectivity index (χ0v) is 12.8. The normalized spacial score (nSPS) is 10.9. The molecule has 4 heteroatoms. The predicted octanol–water partition coefficient (Wildman–Crippen LogP) is 3.33. The first-order chi connectivity index (χ1) is 9.16. The quantitative estimate of drug-likeness (QED) is 0.382. The molecule has 0 aliphatic heterocycles. The molecule has 0 bridgehead atoms. The molecule has 0 rings (SSSR count). The molecule has 114 valence electrons. The van der Waals surface area contributed by atoms with Crippen molar-refractivity contribution in [1.82, 2.24) is 0 Å². The zero-order chi connectivity index (χ0) is 14.3. The number of rotatable bonds is 13. The molecule has 0 fully saturated rings. The van der Waals surface area contributed by atoms with Crippen LogP contribution in [0.15, 0.2) is 0 Å². The fourth-order valence-electron chi connectivity index (χ4n) is 1.55. The van der Waals surface area contributed by atoms with Gasteiger partial charge in [0.2, 0.25) is 0 Å². The Labute approximate surface area is 117 Å². The van der Waals surface area contributed by atoms with E-state index in [1.54, 1.807) is 0 Å². The molecule has 0 amide bonds. The Morgan fingerprint density at radius 3 is 2.42 bits per heavy atom. The van der Waals surface area contributed by atoms with Crippen LogP contribution < -0.4 is 0 Å². The van der Waals surface area contributed by atoms with Gasteiger partial charge < -0.3 is 14.2 Å². The van der Waals surface area contributed by atoms with E-state index in [1.165, 1.54) is 12.8 Å². The van der Waals surface area contributed by atoms with Crippen LogP contribution in [0.1, 0.15) is 59.3 Å². The van der Waals surface area contributed by atoms with Gasteiger partial charge in [-0.25, -0.2) is 0 Å². The molecular formula is C15H30O4. The van der Waals surface area contributed by atoms with E-state index in [0.717, 1.165) is 19.3 Å². The minimum absolute atomic E-state index is 0.112. The number of ether oxygens (including phenoxy) is 3. The fourth-order valence-corrected chi connectivity index (χ4v) is 1.55. The van der Waals surface area contributed by atoms with Gasteiger partial charge in [-0.1, -0.05) is 26.2 Å². The van der Waals surface area contributed by atoms with Crippen LogP contribution in [0.5, 0.6) is 0 Å². The van der Waals surface area contributed by atoms with Gasteiger partial charge in [0.1, 0.15) is 0 Å². The van der Waals surface area contributed by atoms with Gasteiger partial charge in [0.25, 0.3) is 0 Å². The lowest BCUT2D eigenvalue weighted by atomic mass is 10.2. The Morgan fingerprint density at radius 1 is 0.947 bits per heavy atom. The van der Waals surface area contributed by atoms with Gasteiger partial charge in [-0.15, -0.1) is 0 Å². The molecule has 0 aromatic heterocycles. The highest BCUT2D eigenvalue weighted by Gasteiger charge is 2.02. The SMILES string of the molecule is CCCCCCOC(=O)CCCOCCOC(C)C. The average Bonchev–Trinajstić information content (AvgIpc) is 2.37. The van der Waals surface area contributed by atoms with Crippen LogP contribution in [0.3, 0.4) is 0 Å². The van der Waals surface area contributed by atoms with Crippen molar-refractivity contribution in [1.29, 1.82) is 0 Å². The van der Waals surface area contributed by atoms with E-state index < -0.39 is 0 Å². The third-order valence-corrected chi connectivity index (χ3v) is 2.61. The van der Waals surface area contributed by atoms with Gasteiger partial charge in [0.05, 0.1) is 25.9 Å². The highest BCUT2D eigenvalue weighted by molar-refractivity contribution is 5.69. The first-order valence-electron chi connectivity index (χ1n) is 7.51. The van der Waals surface area contributed by atoms with Crippen molar-refractivity contribution in [3.63, 3.8) is 0 Å². The van der Waals surface area contributed by atoms with E-state index in [0.29, 0.717) is 32.8 Å². The summed E-state index contributed by atoms with van der Waals surface area (Å²) < 4.78 is 15.8. The van der Waals surface area contributed by atoms with Gasteiger partial charge >= 0.3 is 5.97 Å². The Kier molecular flexibility index (Phi) is 13.4. The summed E-state index contributed by atoms with van der Waals surface area (Å²) in [5, 5.41) is 0. The third kappa shape index (κ3) is 15.3. The summed E-state index contributed by atoms with van der Waals surface area (Å²) in [5.74, 6) is -0.112. The maximum Gasteiger partial charge on any atom is 0.305 e. The number of unbranched alkanes of at least 4 members (excludes halogenated alkanes) is 3. The van der Waals surface area contributed by atoms with Crippen molar-refractivity contribution in [3.05, 3.63) is 0 Å². The molecule has 0 heterocycles. The van der Waals surface area contributed by atoms with Crippen molar-refractivity contribution in [3.8, 4) is 0 Å². The van der Waals surface area contributed by atoms with Crippen LogP contribution in [-0.2, 0) is 19.0 Å². The minimum atomic E-state index is -0.112. The summed E-state index contributed by atoms with van der Waals surface area (Å²) in [5.41, 5.74) is 0. The maximum atomic E-state index is 11.4. The van der Waals surface area contributed by atoms with E-state index in [4.69, 9.17) is 14.2 Å². The van der Waals surface area contributed by atoms with Crippen LogP contribution in [0.4, 0.5) is 0 Å². The lowest BCUT2D eigenvalue weighted by molar-refractivity contribution is -0.144. The Hall–Kier alpha value is -0.610. The molecule has 0 aromatic rings. The van der Waals surface area contributed by atoms with E-state index in [9.17, 15) is 4.79 Å². The summed E-state index contributed by atoms with van der Waals surface area (Å²) >= 11 is 0. The van der Waals surface area contributed by atoms with Gasteiger partial charge in [-0.2, -0.15) is 0 Å². The lowest BCUT2D eigenvalue weighted by Gasteiger charge is -2.08. The summed E-state index contributed by atoms with van der Waals surface area (Å²) in [7, 11) is 0. The molecule has 0 saturated carbocycles. The van der Waals surface area contributed by atoms with Crippen molar-refractivity contribution in [2.75, 3.05) is 26.4 Å². The zero-order valence-electron chi connectivity index (χ0n) is 12.8. The fraction of sp³-hybridized carbons (Fsp3) is 0.933. The molecule has 0 saturated heterocycles. The monoisotopic (exact) mass is 274 g/mol. The highest BCUT2D eigenvalue weighted by Crippen LogP contribution is 2.01. The molecule has 4 nitrogen and oxygen atoms in total. The number of carbonyl (C=O) groups is 1. The Bertz CT molecular complexity index is 204. The molecule has 0 aromatic carbocycles. The molecule has 0 unspecified atom stereocenters. The van der Waals surface area contributed by atoms with E-state index in [1.807, 2.05) is 13.8 Å². The number of carbonyl (C=O) groups excluding carboxylic acids is 1. The van der Waals surface area contributed by atoms with Crippen LogP contribution in [-0.4, -0.2) is 38.5 Å². The molecule has 0 spiro atoms. The van der Waals surface area contributed by atoms with Crippen molar-refractivity contribution < 1.29 is 19.0 Å². The Morgan fingerprint density at radius 2 is 1.74 bits per heavy atom. The molecule has 0 aliphatic rings. The largest absolute Gasteiger partial charge is 0.466 e. The second-order valence-corrected chi connectivity index (χ2v) is 4.92. The lowest BCUT2D eigenvalue weighted by Crippen LogP contribution is -2.11. The van der Waals surface area contributed by atoms with Crippen molar-refractivity contribution in [2.24, 2.45) is 0 Å². The minimum Gasteiger partial charge on any atom is -0.466 e. The smallest absolute Gasteiger partial charge is 0.305 e. The van der Waals surface area contributed by atoms with Crippen molar-refractivity contribution in [2.45, 2.75) is 65.4 Å². The Balaban J connectivity index is 3.16. The summed E-state index contributed by atoms with van der Waals surface area (Å²) in [6, 6.07) is 0. The molecule has 0 atom stereocenters. The average molecular weight is 274 g/mol. The first-order valence-corrected chi connectivity index (χ1v) is 7.51. The predicted molar refractivity (Wildman–Crippen MR) is 76.2 cm³/mol. The topological polar surface area (TPSA) is 44.8 Å². The summed E-state index contributed by atoms with van der Waals surface area (Å²) in [6.45, 7) is 8.50. The molecule has 0 radical (unpaired) electrons. The molecule has 0 aliphatic carbocycles. The number of hydrogen-bond acceptors (Lipinski definition) is 4. The van der Waals surface area contributed by atoms with Crippen LogP contribution >= 0.6 is 0 Å². The standard InChI is InChI=1S/C15H30O4/c1-4-5-6-7-11-19-15(16)9-8-10-17-12-13-18-14(2)3/h14H,4-13H2,1-3H3. The number of hydrogen-bond donors (Lipinski definition) is 0. The van der Waals surface area contributed by atoms with Crippen LogP contribution in [0, 0.1) is 0 Å². The van der Waals surface area contributed by atoms with Crippen molar-refractivity contribution >= 4 is 5.97 Å². The highest BCUT2D eigenvalue weighted by atomic mass is 16.5. The van der Waals surface area contributed by atoms with Gasteiger partial charge in [-0.05, 0) is 26.7 Å². The summed E-state index contributed by atoms with van der Waals surface area (Å²) in [6.07, 6.45) is 5.93. The van der Waals surface area contributed by atoms with E-state index in [2.05, 4.69) is 6.92 Å². The molecule has 19 heavy (non-hydrogen) atoms. The number of esters is 1. The third-order valence-electron chi connectivity index (χ3n) is 2.61. The van der Waals surface area contributed by atoms with E-state index in [-0.39, 0.29) is 12.1 Å². The van der Waals surface area contributed by atoms with Gasteiger partial charge in [-0.3, -0.25) is 4.79 Å². The van der Waals surface area contributed by atoms with Crippen LogP contribution in [0.25, 0.3) is 0 Å².